The molecule has 94 valence electrons. The zero-order valence-corrected chi connectivity index (χ0v) is 13.3. The van der Waals surface area contributed by atoms with Gasteiger partial charge in [-0.25, -0.2) is 4.98 Å². The van der Waals surface area contributed by atoms with E-state index in [1.54, 1.807) is 6.20 Å². The molecular weight excluding hydrogens is 381 g/mol. The molecule has 5 heteroatoms. The van der Waals surface area contributed by atoms with Crippen LogP contribution in [0.3, 0.4) is 0 Å². The van der Waals surface area contributed by atoms with Crippen molar-refractivity contribution >= 4 is 43.5 Å². The first-order chi connectivity index (χ1) is 8.70. The van der Waals surface area contributed by atoms with Gasteiger partial charge in [-0.2, -0.15) is 0 Å². The van der Waals surface area contributed by atoms with Gasteiger partial charge in [0.15, 0.2) is 0 Å². The lowest BCUT2D eigenvalue weighted by molar-refractivity contribution is 0.290. The third kappa shape index (κ3) is 3.46. The minimum Gasteiger partial charge on any atom is -0.473 e. The Morgan fingerprint density at radius 1 is 1.17 bits per heavy atom. The standard InChI is InChI=1S/C13H10Br2ClNO/c14-11-5-10(6-16)13(17-7-11)18-8-9-3-1-2-4-12(9)15/h1-5,7H,6,8H2. The van der Waals surface area contributed by atoms with E-state index in [9.17, 15) is 0 Å². The molecule has 1 aromatic heterocycles. The fourth-order valence-corrected chi connectivity index (χ4v) is 2.43. The Bertz CT molecular complexity index is 548. The largest absolute Gasteiger partial charge is 0.473 e. The van der Waals surface area contributed by atoms with Crippen LogP contribution in [0.1, 0.15) is 11.1 Å². The zero-order chi connectivity index (χ0) is 13.0. The highest BCUT2D eigenvalue weighted by Gasteiger charge is 2.07. The van der Waals surface area contributed by atoms with E-state index in [-0.39, 0.29) is 0 Å². The fourth-order valence-electron chi connectivity index (χ4n) is 1.46. The number of alkyl halides is 1. The summed E-state index contributed by atoms with van der Waals surface area (Å²) in [5, 5.41) is 0. The maximum absolute atomic E-state index is 5.87. The second-order valence-corrected chi connectivity index (χ2v) is 5.67. The van der Waals surface area contributed by atoms with Gasteiger partial charge in [0, 0.05) is 26.3 Å². The van der Waals surface area contributed by atoms with E-state index >= 15 is 0 Å². The third-order valence-electron chi connectivity index (χ3n) is 2.36. The van der Waals surface area contributed by atoms with Gasteiger partial charge in [0.1, 0.15) is 6.61 Å². The Balaban J connectivity index is 2.13. The lowest BCUT2D eigenvalue weighted by Crippen LogP contribution is -2.00. The molecule has 0 spiro atoms. The smallest absolute Gasteiger partial charge is 0.218 e. The first kappa shape index (κ1) is 13.8. The van der Waals surface area contributed by atoms with Gasteiger partial charge in [0.2, 0.25) is 5.88 Å². The highest BCUT2D eigenvalue weighted by atomic mass is 79.9. The van der Waals surface area contributed by atoms with Crippen LogP contribution in [0.4, 0.5) is 0 Å². The van der Waals surface area contributed by atoms with Crippen molar-refractivity contribution in [2.24, 2.45) is 0 Å². The summed E-state index contributed by atoms with van der Waals surface area (Å²) in [5.74, 6) is 0.946. The van der Waals surface area contributed by atoms with Crippen LogP contribution in [0, 0.1) is 0 Å². The van der Waals surface area contributed by atoms with Crippen molar-refractivity contribution in [2.45, 2.75) is 12.5 Å². The van der Waals surface area contributed by atoms with Crippen molar-refractivity contribution in [2.75, 3.05) is 0 Å². The predicted molar refractivity (Wildman–Crippen MR) is 80.0 cm³/mol. The SMILES string of the molecule is ClCc1cc(Br)cnc1OCc1ccccc1Br. The van der Waals surface area contributed by atoms with Gasteiger partial charge in [-0.15, -0.1) is 11.6 Å². The molecule has 0 aliphatic heterocycles. The van der Waals surface area contributed by atoms with E-state index in [0.717, 1.165) is 20.1 Å². The molecule has 0 atom stereocenters. The van der Waals surface area contributed by atoms with Crippen molar-refractivity contribution < 1.29 is 4.74 Å². The monoisotopic (exact) mass is 389 g/mol. The van der Waals surface area contributed by atoms with Crippen molar-refractivity contribution in [3.63, 3.8) is 0 Å². The molecule has 2 rings (SSSR count). The van der Waals surface area contributed by atoms with Gasteiger partial charge in [-0.3, -0.25) is 0 Å². The van der Waals surface area contributed by atoms with Crippen molar-refractivity contribution in [1.82, 2.24) is 4.98 Å². The summed E-state index contributed by atoms with van der Waals surface area (Å²) in [5.41, 5.74) is 1.95. The average molecular weight is 391 g/mol. The molecule has 0 bridgehead atoms. The Morgan fingerprint density at radius 2 is 1.94 bits per heavy atom. The molecule has 0 saturated carbocycles. The highest BCUT2D eigenvalue weighted by molar-refractivity contribution is 9.10. The molecule has 0 amide bonds. The molecule has 0 saturated heterocycles. The molecule has 1 aromatic carbocycles. The number of benzene rings is 1. The predicted octanol–water partition coefficient (Wildman–Crippen LogP) is 4.92. The molecule has 0 radical (unpaired) electrons. The zero-order valence-electron chi connectivity index (χ0n) is 9.37. The molecule has 18 heavy (non-hydrogen) atoms. The highest BCUT2D eigenvalue weighted by Crippen LogP contribution is 2.24. The molecule has 0 fully saturated rings. The summed E-state index contributed by atoms with van der Waals surface area (Å²) in [7, 11) is 0. The van der Waals surface area contributed by atoms with Crippen molar-refractivity contribution in [1.29, 1.82) is 0 Å². The maximum Gasteiger partial charge on any atom is 0.218 e. The number of aromatic nitrogens is 1. The van der Waals surface area contributed by atoms with Gasteiger partial charge in [0.05, 0.1) is 5.88 Å². The summed E-state index contributed by atoms with van der Waals surface area (Å²) in [6, 6.07) is 9.84. The summed E-state index contributed by atoms with van der Waals surface area (Å²) >= 11 is 12.7. The summed E-state index contributed by atoms with van der Waals surface area (Å²) in [4.78, 5) is 4.22. The Morgan fingerprint density at radius 3 is 2.67 bits per heavy atom. The number of hydrogen-bond donors (Lipinski definition) is 0. The molecule has 0 aliphatic rings. The summed E-state index contributed by atoms with van der Waals surface area (Å²) in [6.45, 7) is 0.458. The second kappa shape index (κ2) is 6.55. The van der Waals surface area contributed by atoms with E-state index in [1.165, 1.54) is 0 Å². The average Bonchev–Trinajstić information content (AvgIpc) is 2.39. The van der Waals surface area contributed by atoms with Crippen LogP contribution < -0.4 is 4.74 Å². The Labute approximate surface area is 128 Å². The van der Waals surface area contributed by atoms with Gasteiger partial charge in [-0.05, 0) is 28.1 Å². The maximum atomic E-state index is 5.87. The van der Waals surface area contributed by atoms with E-state index in [0.29, 0.717) is 18.4 Å². The first-order valence-electron chi connectivity index (χ1n) is 5.27. The number of rotatable bonds is 4. The first-order valence-corrected chi connectivity index (χ1v) is 7.39. The van der Waals surface area contributed by atoms with E-state index in [1.807, 2.05) is 30.3 Å². The Kier molecular flexibility index (Phi) is 5.03. The molecule has 0 N–H and O–H groups in total. The summed E-state index contributed by atoms with van der Waals surface area (Å²) in [6.07, 6.45) is 1.70. The lowest BCUT2D eigenvalue weighted by atomic mass is 10.2. The van der Waals surface area contributed by atoms with E-state index in [4.69, 9.17) is 16.3 Å². The topological polar surface area (TPSA) is 22.1 Å². The summed E-state index contributed by atoms with van der Waals surface area (Å²) < 4.78 is 7.62. The van der Waals surface area contributed by atoms with Gasteiger partial charge in [0.25, 0.3) is 0 Å². The quantitative estimate of drug-likeness (QED) is 0.690. The molecular formula is C13H10Br2ClNO. The molecule has 2 aromatic rings. The molecule has 0 aliphatic carbocycles. The molecule has 0 unspecified atom stereocenters. The van der Waals surface area contributed by atoms with Crippen molar-refractivity contribution in [3.8, 4) is 5.88 Å². The van der Waals surface area contributed by atoms with Crippen LogP contribution in [0.15, 0.2) is 45.5 Å². The van der Waals surface area contributed by atoms with Gasteiger partial charge in [-0.1, -0.05) is 34.1 Å². The van der Waals surface area contributed by atoms with Crippen molar-refractivity contribution in [3.05, 3.63) is 56.6 Å². The lowest BCUT2D eigenvalue weighted by Gasteiger charge is -2.10. The normalized spacial score (nSPS) is 10.4. The van der Waals surface area contributed by atoms with Crippen LogP contribution in [-0.4, -0.2) is 4.98 Å². The van der Waals surface area contributed by atoms with Crippen LogP contribution in [-0.2, 0) is 12.5 Å². The van der Waals surface area contributed by atoms with Crippen LogP contribution in [0.5, 0.6) is 5.88 Å². The number of hydrogen-bond acceptors (Lipinski definition) is 2. The second-order valence-electron chi connectivity index (χ2n) is 3.63. The minimum absolute atomic E-state index is 0.373. The molecule has 2 nitrogen and oxygen atoms in total. The van der Waals surface area contributed by atoms with Crippen LogP contribution in [0.2, 0.25) is 0 Å². The molecule has 1 heterocycles. The minimum atomic E-state index is 0.373. The van der Waals surface area contributed by atoms with E-state index < -0.39 is 0 Å². The van der Waals surface area contributed by atoms with Gasteiger partial charge >= 0.3 is 0 Å². The number of ether oxygens (including phenoxy) is 1. The number of pyridine rings is 1. The van der Waals surface area contributed by atoms with Crippen LogP contribution in [0.25, 0.3) is 0 Å². The number of nitrogens with zero attached hydrogens (tertiary/aromatic N) is 1. The third-order valence-corrected chi connectivity index (χ3v) is 3.85. The van der Waals surface area contributed by atoms with Gasteiger partial charge < -0.3 is 4.74 Å². The Hall–Kier alpha value is -0.580. The van der Waals surface area contributed by atoms with E-state index in [2.05, 4.69) is 36.8 Å². The fraction of sp³-hybridized carbons (Fsp3) is 0.154. The van der Waals surface area contributed by atoms with Crippen LogP contribution >= 0.6 is 43.5 Å². The number of halogens is 3.